The highest BCUT2D eigenvalue weighted by molar-refractivity contribution is 5.90. The van der Waals surface area contributed by atoms with Crippen LogP contribution in [-0.4, -0.2) is 18.5 Å². The van der Waals surface area contributed by atoms with Crippen LogP contribution in [0.15, 0.2) is 0 Å². The van der Waals surface area contributed by atoms with Gasteiger partial charge in [-0.1, -0.05) is 6.92 Å². The topological polar surface area (TPSA) is 73.9 Å². The summed E-state index contributed by atoms with van der Waals surface area (Å²) in [5.74, 6) is -1.45. The molecule has 0 bridgehead atoms. The number of ether oxygens (including phenoxy) is 1. The molecule has 0 spiro atoms. The van der Waals surface area contributed by atoms with Crippen LogP contribution >= 0.6 is 0 Å². The largest absolute Gasteiger partial charge is 0.370 e. The fraction of sp³-hybridized carbons (Fsp3) is 0.667. The maximum Gasteiger partial charge on any atom is 0.193 e. The lowest BCUT2D eigenvalue weighted by Crippen LogP contribution is -2.30. The van der Waals surface area contributed by atoms with Crippen LogP contribution in [0.25, 0.3) is 0 Å². The van der Waals surface area contributed by atoms with Crippen LogP contribution in [0.5, 0.6) is 0 Å². The van der Waals surface area contributed by atoms with E-state index in [-0.39, 0.29) is 5.92 Å². The molecule has 0 aliphatic carbocycles. The Bertz CT molecular complexity index is 273. The Morgan fingerprint density at radius 2 is 2.15 bits per heavy atom. The third kappa shape index (κ3) is 1.85. The van der Waals surface area contributed by atoms with E-state index in [1.807, 2.05) is 6.92 Å². The smallest absolute Gasteiger partial charge is 0.193 e. The normalized spacial score (nSPS) is 26.8. The van der Waals surface area contributed by atoms with Crippen LogP contribution in [-0.2, 0) is 9.53 Å². The summed E-state index contributed by atoms with van der Waals surface area (Å²) < 4.78 is 5.16. The highest BCUT2D eigenvalue weighted by Crippen LogP contribution is 2.22. The van der Waals surface area contributed by atoms with E-state index in [1.165, 1.54) is 0 Å². The molecule has 4 heteroatoms. The number of ketones is 1. The van der Waals surface area contributed by atoms with Crippen molar-refractivity contribution in [3.05, 3.63) is 0 Å². The zero-order chi connectivity index (χ0) is 9.84. The van der Waals surface area contributed by atoms with Crippen molar-refractivity contribution in [2.45, 2.75) is 19.4 Å². The minimum absolute atomic E-state index is 0.122. The summed E-state index contributed by atoms with van der Waals surface area (Å²) in [5, 5.41) is 17.0. The highest BCUT2D eigenvalue weighted by Gasteiger charge is 2.35. The summed E-state index contributed by atoms with van der Waals surface area (Å²) in [4.78, 5) is 11.4. The van der Waals surface area contributed by atoms with Gasteiger partial charge in [-0.2, -0.15) is 10.5 Å². The summed E-state index contributed by atoms with van der Waals surface area (Å²) in [7, 11) is 0. The first-order chi connectivity index (χ1) is 6.20. The van der Waals surface area contributed by atoms with Crippen molar-refractivity contribution in [3.63, 3.8) is 0 Å². The van der Waals surface area contributed by atoms with Gasteiger partial charge in [0, 0.05) is 6.61 Å². The number of hydrogen-bond acceptors (Lipinski definition) is 4. The van der Waals surface area contributed by atoms with Gasteiger partial charge in [0.15, 0.2) is 11.7 Å². The predicted molar refractivity (Wildman–Crippen MR) is 43.2 cm³/mol. The molecule has 1 rings (SSSR count). The Morgan fingerprint density at radius 1 is 1.54 bits per heavy atom. The molecule has 1 aliphatic heterocycles. The lowest BCUT2D eigenvalue weighted by atomic mass is 9.94. The van der Waals surface area contributed by atoms with Crippen LogP contribution in [0.2, 0.25) is 0 Å². The van der Waals surface area contributed by atoms with Crippen LogP contribution in [0.3, 0.4) is 0 Å². The SMILES string of the molecule is CC1CCOC1C(=O)C(C#N)C#N. The van der Waals surface area contributed by atoms with Crippen molar-refractivity contribution in [2.24, 2.45) is 11.8 Å². The molecule has 1 fully saturated rings. The maximum absolute atomic E-state index is 11.4. The molecular weight excluding hydrogens is 168 g/mol. The quantitative estimate of drug-likeness (QED) is 0.622. The molecule has 2 unspecified atom stereocenters. The fourth-order valence-corrected chi connectivity index (χ4v) is 1.38. The molecule has 0 aromatic rings. The second-order valence-electron chi connectivity index (χ2n) is 3.15. The number of nitrogens with zero attached hydrogens (tertiary/aromatic N) is 2. The second kappa shape index (κ2) is 4.02. The average molecular weight is 178 g/mol. The molecule has 0 aromatic heterocycles. The van der Waals surface area contributed by atoms with E-state index in [1.54, 1.807) is 12.1 Å². The van der Waals surface area contributed by atoms with Crippen molar-refractivity contribution >= 4 is 5.78 Å². The van der Waals surface area contributed by atoms with Gasteiger partial charge in [-0.25, -0.2) is 0 Å². The number of carbonyl (C=O) groups is 1. The van der Waals surface area contributed by atoms with Crippen molar-refractivity contribution < 1.29 is 9.53 Å². The van der Waals surface area contributed by atoms with Gasteiger partial charge < -0.3 is 4.74 Å². The summed E-state index contributed by atoms with van der Waals surface area (Å²) in [6.07, 6.45) is 0.268. The summed E-state index contributed by atoms with van der Waals surface area (Å²) >= 11 is 0. The van der Waals surface area contributed by atoms with Gasteiger partial charge in [0.05, 0.1) is 12.1 Å². The summed E-state index contributed by atoms with van der Waals surface area (Å²) in [6.45, 7) is 2.43. The fourth-order valence-electron chi connectivity index (χ4n) is 1.38. The first-order valence-corrected chi connectivity index (χ1v) is 4.15. The summed E-state index contributed by atoms with van der Waals surface area (Å²) in [6, 6.07) is 3.32. The van der Waals surface area contributed by atoms with Gasteiger partial charge in [-0.05, 0) is 12.3 Å². The van der Waals surface area contributed by atoms with Gasteiger partial charge in [0.25, 0.3) is 0 Å². The Balaban J connectivity index is 2.68. The van der Waals surface area contributed by atoms with Crippen LogP contribution < -0.4 is 0 Å². The van der Waals surface area contributed by atoms with Crippen LogP contribution in [0.1, 0.15) is 13.3 Å². The Kier molecular flexibility index (Phi) is 3.00. The monoisotopic (exact) mass is 178 g/mol. The number of hydrogen-bond donors (Lipinski definition) is 0. The number of rotatable bonds is 2. The van der Waals surface area contributed by atoms with E-state index in [0.29, 0.717) is 6.61 Å². The highest BCUT2D eigenvalue weighted by atomic mass is 16.5. The Morgan fingerprint density at radius 3 is 2.54 bits per heavy atom. The van der Waals surface area contributed by atoms with Gasteiger partial charge in [0.1, 0.15) is 6.10 Å². The zero-order valence-electron chi connectivity index (χ0n) is 7.36. The molecule has 2 atom stereocenters. The molecule has 13 heavy (non-hydrogen) atoms. The van der Waals surface area contributed by atoms with E-state index in [9.17, 15) is 4.79 Å². The third-order valence-corrected chi connectivity index (χ3v) is 2.21. The molecule has 4 nitrogen and oxygen atoms in total. The zero-order valence-corrected chi connectivity index (χ0v) is 7.36. The van der Waals surface area contributed by atoms with Crippen molar-refractivity contribution in [1.29, 1.82) is 10.5 Å². The van der Waals surface area contributed by atoms with Crippen molar-refractivity contribution in [3.8, 4) is 12.1 Å². The van der Waals surface area contributed by atoms with Gasteiger partial charge >= 0.3 is 0 Å². The third-order valence-electron chi connectivity index (χ3n) is 2.21. The molecule has 1 saturated heterocycles. The molecule has 0 radical (unpaired) electrons. The molecular formula is C9H10N2O2. The van der Waals surface area contributed by atoms with E-state index < -0.39 is 17.8 Å². The van der Waals surface area contributed by atoms with Crippen molar-refractivity contribution in [1.82, 2.24) is 0 Å². The molecule has 0 aromatic carbocycles. The van der Waals surface area contributed by atoms with E-state index in [0.717, 1.165) is 6.42 Å². The number of carbonyl (C=O) groups excluding carboxylic acids is 1. The second-order valence-corrected chi connectivity index (χ2v) is 3.15. The summed E-state index contributed by atoms with van der Waals surface area (Å²) in [5.41, 5.74) is 0. The first kappa shape index (κ1) is 9.70. The lowest BCUT2D eigenvalue weighted by Gasteiger charge is -2.12. The molecule has 0 N–H and O–H groups in total. The number of Topliss-reactive ketones (excluding diaryl/α,β-unsaturated/α-hetero) is 1. The Hall–Kier alpha value is -1.39. The number of nitriles is 2. The van der Waals surface area contributed by atoms with Crippen LogP contribution in [0, 0.1) is 34.5 Å². The molecule has 68 valence electrons. The van der Waals surface area contributed by atoms with Crippen molar-refractivity contribution in [2.75, 3.05) is 6.61 Å². The standard InChI is InChI=1S/C9H10N2O2/c1-6-2-3-13-9(6)8(12)7(4-10)5-11/h6-7,9H,2-3H2,1H3. The molecule has 0 amide bonds. The molecule has 1 heterocycles. The van der Waals surface area contributed by atoms with Gasteiger partial charge in [-0.15, -0.1) is 0 Å². The maximum atomic E-state index is 11.4. The lowest BCUT2D eigenvalue weighted by molar-refractivity contribution is -0.130. The van der Waals surface area contributed by atoms with Gasteiger partial charge in [0.2, 0.25) is 0 Å². The average Bonchev–Trinajstić information content (AvgIpc) is 2.53. The Labute approximate surface area is 76.7 Å². The van der Waals surface area contributed by atoms with Crippen LogP contribution in [0.4, 0.5) is 0 Å². The molecule has 1 aliphatic rings. The predicted octanol–water partition coefficient (Wildman–Crippen LogP) is 0.644. The molecule has 0 saturated carbocycles. The minimum atomic E-state index is -1.18. The van der Waals surface area contributed by atoms with Gasteiger partial charge in [-0.3, -0.25) is 4.79 Å². The van der Waals surface area contributed by atoms with E-state index in [4.69, 9.17) is 15.3 Å². The first-order valence-electron chi connectivity index (χ1n) is 4.15. The van der Waals surface area contributed by atoms with E-state index in [2.05, 4.69) is 0 Å². The van der Waals surface area contributed by atoms with E-state index >= 15 is 0 Å². The minimum Gasteiger partial charge on any atom is -0.370 e.